The standard InChI is InChI=1S/C13H21N3O6/c1-8-5-16(12(18)15-11(8)17)10-4-9(21-3)13(22-10,6-14-19)7-20-2/h5,9-10,14,19H,4,6-7H2,1-3H3,(H,15,17,18)/t9-,10-,13-/m1/s1. The predicted octanol–water partition coefficient (Wildman–Crippen LogP) is -0.857. The molecule has 2 rings (SSSR count). The molecule has 2 heterocycles. The number of H-pyrrole nitrogens is 1. The summed E-state index contributed by atoms with van der Waals surface area (Å²) in [4.78, 5) is 25.7. The minimum Gasteiger partial charge on any atom is -0.382 e. The first-order chi connectivity index (χ1) is 10.5. The summed E-state index contributed by atoms with van der Waals surface area (Å²) in [5.74, 6) is 0. The van der Waals surface area contributed by atoms with Crippen molar-refractivity contribution in [2.75, 3.05) is 27.4 Å². The first-order valence-corrected chi connectivity index (χ1v) is 6.86. The van der Waals surface area contributed by atoms with E-state index in [0.29, 0.717) is 12.0 Å². The third kappa shape index (κ3) is 2.99. The lowest BCUT2D eigenvalue weighted by Crippen LogP contribution is -2.51. The van der Waals surface area contributed by atoms with Gasteiger partial charge in [0.05, 0.1) is 19.3 Å². The molecule has 0 unspecified atom stereocenters. The maximum absolute atomic E-state index is 12.0. The number of aromatic amines is 1. The number of aryl methyl sites for hydroxylation is 1. The van der Waals surface area contributed by atoms with E-state index >= 15 is 0 Å². The molecule has 0 saturated carbocycles. The summed E-state index contributed by atoms with van der Waals surface area (Å²) in [6, 6.07) is 0. The minimum atomic E-state index is -0.938. The van der Waals surface area contributed by atoms with Gasteiger partial charge in [0.25, 0.3) is 5.56 Å². The van der Waals surface area contributed by atoms with Crippen molar-refractivity contribution >= 4 is 0 Å². The van der Waals surface area contributed by atoms with Gasteiger partial charge in [-0.15, -0.1) is 0 Å². The Labute approximate surface area is 126 Å². The monoisotopic (exact) mass is 315 g/mol. The highest BCUT2D eigenvalue weighted by molar-refractivity contribution is 5.04. The van der Waals surface area contributed by atoms with Gasteiger partial charge in [-0.2, -0.15) is 0 Å². The van der Waals surface area contributed by atoms with Crippen molar-refractivity contribution in [1.82, 2.24) is 15.0 Å². The Bertz CT molecular complexity index is 619. The van der Waals surface area contributed by atoms with Crippen LogP contribution >= 0.6 is 0 Å². The number of aromatic nitrogens is 2. The number of methoxy groups -OCH3 is 2. The van der Waals surface area contributed by atoms with Crippen molar-refractivity contribution in [2.45, 2.75) is 31.3 Å². The van der Waals surface area contributed by atoms with Crippen LogP contribution in [0.3, 0.4) is 0 Å². The molecule has 9 nitrogen and oxygen atoms in total. The first-order valence-electron chi connectivity index (χ1n) is 6.86. The molecule has 0 spiro atoms. The van der Waals surface area contributed by atoms with Crippen LogP contribution in [0.4, 0.5) is 0 Å². The Morgan fingerprint density at radius 1 is 1.55 bits per heavy atom. The zero-order chi connectivity index (χ0) is 16.3. The van der Waals surface area contributed by atoms with Crippen molar-refractivity contribution in [1.29, 1.82) is 0 Å². The number of nitrogens with zero attached hydrogens (tertiary/aromatic N) is 1. The van der Waals surface area contributed by atoms with Gasteiger partial charge >= 0.3 is 5.69 Å². The van der Waals surface area contributed by atoms with Gasteiger partial charge in [0.15, 0.2) is 0 Å². The van der Waals surface area contributed by atoms with Gasteiger partial charge < -0.3 is 19.4 Å². The Balaban J connectivity index is 2.37. The van der Waals surface area contributed by atoms with Crippen LogP contribution in [0.2, 0.25) is 0 Å². The van der Waals surface area contributed by atoms with E-state index < -0.39 is 29.2 Å². The van der Waals surface area contributed by atoms with Crippen molar-refractivity contribution in [3.05, 3.63) is 32.6 Å². The zero-order valence-corrected chi connectivity index (χ0v) is 12.8. The van der Waals surface area contributed by atoms with Gasteiger partial charge in [-0.25, -0.2) is 10.3 Å². The van der Waals surface area contributed by atoms with E-state index in [2.05, 4.69) is 10.5 Å². The molecule has 22 heavy (non-hydrogen) atoms. The predicted molar refractivity (Wildman–Crippen MR) is 76.0 cm³/mol. The molecule has 1 saturated heterocycles. The lowest BCUT2D eigenvalue weighted by Gasteiger charge is -2.32. The summed E-state index contributed by atoms with van der Waals surface area (Å²) in [7, 11) is 3.04. The highest BCUT2D eigenvalue weighted by Crippen LogP contribution is 2.37. The summed E-state index contributed by atoms with van der Waals surface area (Å²) < 4.78 is 17.9. The Kier molecular flexibility index (Phi) is 5.14. The fraction of sp³-hybridized carbons (Fsp3) is 0.692. The van der Waals surface area contributed by atoms with Crippen molar-refractivity contribution in [3.63, 3.8) is 0 Å². The van der Waals surface area contributed by atoms with Crippen LogP contribution in [0, 0.1) is 6.92 Å². The molecule has 1 aromatic rings. The SMILES string of the molecule is COC[C@@]1(CNO)O[C@@H](n2cc(C)c(=O)[nH]c2=O)C[C@H]1OC. The first kappa shape index (κ1) is 16.8. The summed E-state index contributed by atoms with van der Waals surface area (Å²) in [5.41, 5.74) is 0.560. The fourth-order valence-electron chi connectivity index (χ4n) is 2.79. The number of ether oxygens (including phenoxy) is 3. The Hall–Kier alpha value is -1.52. The van der Waals surface area contributed by atoms with E-state index in [1.54, 1.807) is 6.92 Å². The molecule has 1 aliphatic heterocycles. The summed E-state index contributed by atoms with van der Waals surface area (Å²) in [5, 5.41) is 9.07. The second-order valence-electron chi connectivity index (χ2n) is 5.34. The zero-order valence-electron chi connectivity index (χ0n) is 12.8. The van der Waals surface area contributed by atoms with E-state index in [9.17, 15) is 9.59 Å². The highest BCUT2D eigenvalue weighted by Gasteiger charge is 2.50. The van der Waals surface area contributed by atoms with Gasteiger partial charge in [-0.05, 0) is 6.92 Å². The van der Waals surface area contributed by atoms with Crippen LogP contribution in [0.15, 0.2) is 15.8 Å². The number of hydrogen-bond donors (Lipinski definition) is 3. The van der Waals surface area contributed by atoms with E-state index in [1.807, 2.05) is 0 Å². The molecule has 1 aliphatic rings. The van der Waals surface area contributed by atoms with Crippen LogP contribution < -0.4 is 16.7 Å². The van der Waals surface area contributed by atoms with Crippen LogP contribution in [0.5, 0.6) is 0 Å². The molecule has 0 aromatic carbocycles. The largest absolute Gasteiger partial charge is 0.382 e. The van der Waals surface area contributed by atoms with Crippen molar-refractivity contribution in [3.8, 4) is 0 Å². The second kappa shape index (κ2) is 6.71. The van der Waals surface area contributed by atoms with E-state index in [0.717, 1.165) is 0 Å². The lowest BCUT2D eigenvalue weighted by atomic mass is 9.97. The smallest absolute Gasteiger partial charge is 0.330 e. The minimum absolute atomic E-state index is 0.0763. The number of hydrogen-bond acceptors (Lipinski definition) is 7. The highest BCUT2D eigenvalue weighted by atomic mass is 16.6. The molecule has 1 fully saturated rings. The van der Waals surface area contributed by atoms with Gasteiger partial charge in [0.1, 0.15) is 11.8 Å². The van der Waals surface area contributed by atoms with Gasteiger partial charge in [-0.3, -0.25) is 14.3 Å². The molecule has 0 bridgehead atoms. The van der Waals surface area contributed by atoms with Gasteiger partial charge in [-0.1, -0.05) is 0 Å². The summed E-state index contributed by atoms with van der Waals surface area (Å²) >= 11 is 0. The van der Waals surface area contributed by atoms with E-state index in [1.165, 1.54) is 25.0 Å². The Morgan fingerprint density at radius 3 is 2.86 bits per heavy atom. The average molecular weight is 315 g/mol. The third-order valence-electron chi connectivity index (χ3n) is 3.88. The number of rotatable bonds is 6. The topological polar surface area (TPSA) is 115 Å². The molecule has 0 radical (unpaired) electrons. The fourth-order valence-corrected chi connectivity index (χ4v) is 2.79. The average Bonchev–Trinajstić information content (AvgIpc) is 2.82. The van der Waals surface area contributed by atoms with E-state index in [4.69, 9.17) is 19.4 Å². The third-order valence-corrected chi connectivity index (χ3v) is 3.88. The molecular formula is C13H21N3O6. The normalized spacial score (nSPS) is 28.2. The number of nitrogens with one attached hydrogen (secondary N) is 2. The van der Waals surface area contributed by atoms with Crippen LogP contribution in [0.25, 0.3) is 0 Å². The molecule has 1 aromatic heterocycles. The lowest BCUT2D eigenvalue weighted by molar-refractivity contribution is -0.148. The maximum atomic E-state index is 12.0. The van der Waals surface area contributed by atoms with E-state index in [-0.39, 0.29) is 13.2 Å². The molecule has 3 N–H and O–H groups in total. The van der Waals surface area contributed by atoms with Crippen LogP contribution in [-0.2, 0) is 14.2 Å². The molecule has 3 atom stereocenters. The quantitative estimate of drug-likeness (QED) is 0.585. The van der Waals surface area contributed by atoms with Crippen LogP contribution in [0.1, 0.15) is 18.2 Å². The van der Waals surface area contributed by atoms with Crippen molar-refractivity contribution in [2.24, 2.45) is 0 Å². The molecule has 0 aliphatic carbocycles. The van der Waals surface area contributed by atoms with Gasteiger partial charge in [0, 0.05) is 32.4 Å². The maximum Gasteiger partial charge on any atom is 0.330 e. The van der Waals surface area contributed by atoms with Crippen LogP contribution in [-0.4, -0.2) is 53.8 Å². The molecular weight excluding hydrogens is 294 g/mol. The summed E-state index contributed by atoms with van der Waals surface area (Å²) in [6.07, 6.45) is 0.813. The second-order valence-corrected chi connectivity index (χ2v) is 5.34. The summed E-state index contributed by atoms with van der Waals surface area (Å²) in [6.45, 7) is 1.86. The number of hydroxylamine groups is 1. The van der Waals surface area contributed by atoms with Gasteiger partial charge in [0.2, 0.25) is 0 Å². The molecule has 9 heteroatoms. The molecule has 0 amide bonds. The van der Waals surface area contributed by atoms with Crippen molar-refractivity contribution < 1.29 is 19.4 Å². The Morgan fingerprint density at radius 2 is 2.27 bits per heavy atom. The molecule has 124 valence electrons.